The largest absolute Gasteiger partial charge is 0.481 e. The highest BCUT2D eigenvalue weighted by Gasteiger charge is 2.00. The van der Waals surface area contributed by atoms with E-state index in [2.05, 4.69) is 17.1 Å². The fourth-order valence-electron chi connectivity index (χ4n) is 1.91. The average Bonchev–Trinajstić information content (AvgIpc) is 2.68. The third-order valence-corrected chi connectivity index (χ3v) is 2.88. The first-order chi connectivity index (χ1) is 8.18. The van der Waals surface area contributed by atoms with Crippen LogP contribution in [-0.2, 0) is 18.4 Å². The molecule has 4 heteroatoms. The number of carboxylic acids is 1. The van der Waals surface area contributed by atoms with Gasteiger partial charge in [-0.1, -0.05) is 19.3 Å². The van der Waals surface area contributed by atoms with Crippen LogP contribution in [0.3, 0.4) is 0 Å². The summed E-state index contributed by atoms with van der Waals surface area (Å²) in [7, 11) is 2.03. The molecule has 4 nitrogen and oxygen atoms in total. The van der Waals surface area contributed by atoms with Gasteiger partial charge in [-0.05, 0) is 19.3 Å². The third-order valence-electron chi connectivity index (χ3n) is 2.88. The van der Waals surface area contributed by atoms with Crippen LogP contribution < -0.4 is 4.57 Å². The summed E-state index contributed by atoms with van der Waals surface area (Å²) >= 11 is 0. The molecular weight excluding hydrogens is 216 g/mol. The normalized spacial score (nSPS) is 10.6. The summed E-state index contributed by atoms with van der Waals surface area (Å²) in [5.74, 6) is -0.675. The smallest absolute Gasteiger partial charge is 0.303 e. The van der Waals surface area contributed by atoms with Crippen molar-refractivity contribution in [3.8, 4) is 0 Å². The molecular formula is C13H23N2O2+. The summed E-state index contributed by atoms with van der Waals surface area (Å²) in [5, 5.41) is 8.48. The first-order valence-corrected chi connectivity index (χ1v) is 6.41. The van der Waals surface area contributed by atoms with Crippen LogP contribution in [0.2, 0.25) is 0 Å². The minimum Gasteiger partial charge on any atom is -0.481 e. The molecule has 0 fully saturated rings. The molecule has 0 aliphatic carbocycles. The van der Waals surface area contributed by atoms with Gasteiger partial charge in [0.15, 0.2) is 0 Å². The van der Waals surface area contributed by atoms with E-state index in [1.165, 1.54) is 19.3 Å². The highest BCUT2D eigenvalue weighted by atomic mass is 16.4. The predicted molar refractivity (Wildman–Crippen MR) is 65.6 cm³/mol. The summed E-state index contributed by atoms with van der Waals surface area (Å²) < 4.78 is 4.25. The van der Waals surface area contributed by atoms with Gasteiger partial charge in [0.1, 0.15) is 12.4 Å². The van der Waals surface area contributed by atoms with Crippen LogP contribution in [-0.4, -0.2) is 15.6 Å². The topological polar surface area (TPSA) is 46.1 Å². The minimum atomic E-state index is -0.675. The number of nitrogens with zero attached hydrogens (tertiary/aromatic N) is 2. The van der Waals surface area contributed by atoms with Crippen LogP contribution in [0.25, 0.3) is 0 Å². The summed E-state index contributed by atoms with van der Waals surface area (Å²) in [6.07, 6.45) is 13.2. The number of carboxylic acid groups (broad SMARTS) is 1. The summed E-state index contributed by atoms with van der Waals surface area (Å²) in [4.78, 5) is 10.3. The Morgan fingerprint density at radius 2 is 1.82 bits per heavy atom. The fourth-order valence-corrected chi connectivity index (χ4v) is 1.91. The maximum absolute atomic E-state index is 10.3. The maximum atomic E-state index is 10.3. The number of aliphatic carboxylic acids is 1. The second kappa shape index (κ2) is 7.87. The lowest BCUT2D eigenvalue weighted by atomic mass is 10.1. The molecule has 0 saturated heterocycles. The second-order valence-corrected chi connectivity index (χ2v) is 4.58. The van der Waals surface area contributed by atoms with Crippen molar-refractivity contribution >= 4 is 5.97 Å². The Hall–Kier alpha value is -1.32. The molecule has 0 saturated carbocycles. The van der Waals surface area contributed by atoms with Gasteiger partial charge in [-0.3, -0.25) is 4.79 Å². The van der Waals surface area contributed by atoms with Crippen molar-refractivity contribution in [2.45, 2.75) is 51.5 Å². The van der Waals surface area contributed by atoms with Gasteiger partial charge < -0.3 is 5.11 Å². The van der Waals surface area contributed by atoms with E-state index in [0.29, 0.717) is 6.42 Å². The molecule has 1 N–H and O–H groups in total. The molecule has 0 aliphatic heterocycles. The Kier molecular flexibility index (Phi) is 6.37. The Morgan fingerprint density at radius 3 is 2.41 bits per heavy atom. The zero-order chi connectivity index (χ0) is 12.5. The molecule has 0 radical (unpaired) electrons. The molecule has 96 valence electrons. The van der Waals surface area contributed by atoms with Gasteiger partial charge in [0.2, 0.25) is 6.33 Å². The van der Waals surface area contributed by atoms with Gasteiger partial charge in [-0.15, -0.1) is 0 Å². The number of imidazole rings is 1. The van der Waals surface area contributed by atoms with Crippen LogP contribution in [0, 0.1) is 0 Å². The summed E-state index contributed by atoms with van der Waals surface area (Å²) in [6, 6.07) is 0. The monoisotopic (exact) mass is 239 g/mol. The maximum Gasteiger partial charge on any atom is 0.303 e. The number of aromatic nitrogens is 2. The Bertz CT molecular complexity index is 334. The van der Waals surface area contributed by atoms with Crippen molar-refractivity contribution < 1.29 is 14.5 Å². The first kappa shape index (κ1) is 13.7. The molecule has 1 rings (SSSR count). The van der Waals surface area contributed by atoms with E-state index in [0.717, 1.165) is 25.8 Å². The molecule has 1 aromatic rings. The zero-order valence-corrected chi connectivity index (χ0v) is 10.6. The standard InChI is InChI=1S/C13H22N2O2/c1-14-10-11-15(12-14)9-7-5-3-2-4-6-8-13(16)17/h10-12H,2-9H2,1H3/p+1. The summed E-state index contributed by atoms with van der Waals surface area (Å²) in [6.45, 7) is 1.08. The molecule has 0 aliphatic rings. The molecule has 0 aromatic carbocycles. The lowest BCUT2D eigenvalue weighted by Crippen LogP contribution is -2.30. The SMILES string of the molecule is Cn1cc[n+](CCCCCCCCC(=O)O)c1. The van der Waals surface area contributed by atoms with Crippen LogP contribution in [0.4, 0.5) is 0 Å². The third kappa shape index (κ3) is 6.76. The number of hydrogen-bond acceptors (Lipinski definition) is 1. The highest BCUT2D eigenvalue weighted by molar-refractivity contribution is 5.66. The van der Waals surface area contributed by atoms with Gasteiger partial charge in [-0.25, -0.2) is 9.13 Å². The lowest BCUT2D eigenvalue weighted by molar-refractivity contribution is -0.696. The molecule has 17 heavy (non-hydrogen) atoms. The molecule has 0 atom stereocenters. The number of unbranched alkanes of at least 4 members (excludes halogenated alkanes) is 5. The minimum absolute atomic E-state index is 0.319. The van der Waals surface area contributed by atoms with E-state index in [1.54, 1.807) is 0 Å². The zero-order valence-electron chi connectivity index (χ0n) is 10.6. The van der Waals surface area contributed by atoms with E-state index in [4.69, 9.17) is 5.11 Å². The number of carbonyl (C=O) groups is 1. The first-order valence-electron chi connectivity index (χ1n) is 6.41. The van der Waals surface area contributed by atoms with E-state index in [9.17, 15) is 4.79 Å². The highest BCUT2D eigenvalue weighted by Crippen LogP contribution is 2.07. The van der Waals surface area contributed by atoms with Crippen LogP contribution >= 0.6 is 0 Å². The van der Waals surface area contributed by atoms with Crippen molar-refractivity contribution in [1.29, 1.82) is 0 Å². The molecule has 1 aromatic heterocycles. The van der Waals surface area contributed by atoms with Gasteiger partial charge in [0.05, 0.1) is 13.6 Å². The molecule has 0 bridgehead atoms. The quantitative estimate of drug-likeness (QED) is 0.530. The van der Waals surface area contributed by atoms with E-state index in [-0.39, 0.29) is 0 Å². The summed E-state index contributed by atoms with van der Waals surface area (Å²) in [5.41, 5.74) is 0. The van der Waals surface area contributed by atoms with Crippen LogP contribution in [0.15, 0.2) is 18.7 Å². The van der Waals surface area contributed by atoms with Gasteiger partial charge in [0, 0.05) is 6.42 Å². The van der Waals surface area contributed by atoms with Crippen molar-refractivity contribution in [3.05, 3.63) is 18.7 Å². The van der Waals surface area contributed by atoms with E-state index in [1.807, 2.05) is 17.8 Å². The van der Waals surface area contributed by atoms with Gasteiger partial charge in [-0.2, -0.15) is 0 Å². The lowest BCUT2D eigenvalue weighted by Gasteiger charge is -1.99. The Balaban J connectivity index is 1.89. The molecule has 0 spiro atoms. The average molecular weight is 239 g/mol. The number of rotatable bonds is 9. The van der Waals surface area contributed by atoms with Crippen molar-refractivity contribution in [3.63, 3.8) is 0 Å². The van der Waals surface area contributed by atoms with Crippen molar-refractivity contribution in [2.24, 2.45) is 7.05 Å². The Labute approximate surface area is 103 Å². The second-order valence-electron chi connectivity index (χ2n) is 4.58. The van der Waals surface area contributed by atoms with Crippen molar-refractivity contribution in [2.75, 3.05) is 0 Å². The van der Waals surface area contributed by atoms with E-state index >= 15 is 0 Å². The molecule has 0 unspecified atom stereocenters. The van der Waals surface area contributed by atoms with Crippen LogP contribution in [0.1, 0.15) is 44.9 Å². The van der Waals surface area contributed by atoms with Gasteiger partial charge >= 0.3 is 5.97 Å². The van der Waals surface area contributed by atoms with Crippen molar-refractivity contribution in [1.82, 2.24) is 4.57 Å². The molecule has 1 heterocycles. The molecule has 0 amide bonds. The predicted octanol–water partition coefficient (Wildman–Crippen LogP) is 2.13. The van der Waals surface area contributed by atoms with Crippen LogP contribution in [0.5, 0.6) is 0 Å². The van der Waals surface area contributed by atoms with Gasteiger partial charge in [0.25, 0.3) is 0 Å². The fraction of sp³-hybridized carbons (Fsp3) is 0.692. The van der Waals surface area contributed by atoms with E-state index < -0.39 is 5.97 Å². The number of hydrogen-bond donors (Lipinski definition) is 1. The number of aryl methyl sites for hydroxylation is 2. The Morgan fingerprint density at radius 1 is 1.18 bits per heavy atom.